The fourth-order valence-electron chi connectivity index (χ4n) is 4.37. The van der Waals surface area contributed by atoms with Crippen LogP contribution in [0.5, 0.6) is 11.5 Å². The lowest BCUT2D eigenvalue weighted by molar-refractivity contribution is -0.122. The van der Waals surface area contributed by atoms with E-state index in [1.54, 1.807) is 14.2 Å². The van der Waals surface area contributed by atoms with Crippen LogP contribution in [0.15, 0.2) is 42.5 Å². The number of fused-ring (bicyclic) bond motifs is 1. The van der Waals surface area contributed by atoms with E-state index in [0.717, 1.165) is 31.0 Å². The van der Waals surface area contributed by atoms with Gasteiger partial charge in [0.1, 0.15) is 0 Å². The number of amides is 1. The highest BCUT2D eigenvalue weighted by atomic mass is 16.5. The summed E-state index contributed by atoms with van der Waals surface area (Å²) < 4.78 is 11.1. The summed E-state index contributed by atoms with van der Waals surface area (Å²) in [6.07, 6.45) is 1.47. The summed E-state index contributed by atoms with van der Waals surface area (Å²) in [5.74, 6) is 1.91. The van der Waals surface area contributed by atoms with Gasteiger partial charge in [-0.2, -0.15) is 0 Å². The zero-order chi connectivity index (χ0) is 21.7. The Kier molecular flexibility index (Phi) is 7.38. The topological polar surface area (TPSA) is 50.8 Å². The lowest BCUT2D eigenvalue weighted by Gasteiger charge is -2.41. The van der Waals surface area contributed by atoms with Gasteiger partial charge in [0.15, 0.2) is 11.5 Å². The van der Waals surface area contributed by atoms with Crippen molar-refractivity contribution in [1.29, 1.82) is 0 Å². The van der Waals surface area contributed by atoms with Gasteiger partial charge >= 0.3 is 0 Å². The summed E-state index contributed by atoms with van der Waals surface area (Å²) in [6.45, 7) is 8.00. The van der Waals surface area contributed by atoms with Crippen molar-refractivity contribution in [3.63, 3.8) is 0 Å². The van der Waals surface area contributed by atoms with E-state index in [4.69, 9.17) is 9.47 Å². The van der Waals surface area contributed by atoms with Crippen LogP contribution in [-0.4, -0.2) is 37.6 Å². The Balaban J connectivity index is 1.95. The summed E-state index contributed by atoms with van der Waals surface area (Å²) in [4.78, 5) is 15.0. The van der Waals surface area contributed by atoms with E-state index in [-0.39, 0.29) is 18.0 Å². The zero-order valence-corrected chi connectivity index (χ0v) is 18.8. The molecular weight excluding hydrogens is 376 g/mol. The van der Waals surface area contributed by atoms with Gasteiger partial charge in [0.05, 0.1) is 20.3 Å². The van der Waals surface area contributed by atoms with Gasteiger partial charge in [-0.1, -0.05) is 44.2 Å². The standard InChI is InChI=1S/C25H34N2O3/c1-17(2)13-24(28)26-18(3)25-21-15-23(30-5)22(29-4)14-20(21)11-12-27(25)16-19-9-7-6-8-10-19/h6-10,14-15,17-18,25H,11-13,16H2,1-5H3,(H,26,28)/t18-,25-/m1/s1. The van der Waals surface area contributed by atoms with Gasteiger partial charge in [0.2, 0.25) is 5.91 Å². The number of hydrogen-bond donors (Lipinski definition) is 1. The molecule has 0 saturated heterocycles. The fourth-order valence-corrected chi connectivity index (χ4v) is 4.37. The molecule has 1 heterocycles. The molecule has 1 N–H and O–H groups in total. The number of rotatable bonds is 8. The molecule has 0 saturated carbocycles. The van der Waals surface area contributed by atoms with Crippen LogP contribution >= 0.6 is 0 Å². The molecule has 5 heteroatoms. The number of hydrogen-bond acceptors (Lipinski definition) is 4. The van der Waals surface area contributed by atoms with Crippen molar-refractivity contribution in [2.24, 2.45) is 5.92 Å². The van der Waals surface area contributed by atoms with E-state index in [1.165, 1.54) is 16.7 Å². The molecule has 1 aliphatic heterocycles. The molecule has 0 aliphatic carbocycles. The molecule has 0 aromatic heterocycles. The monoisotopic (exact) mass is 410 g/mol. The smallest absolute Gasteiger partial charge is 0.220 e. The van der Waals surface area contributed by atoms with Gasteiger partial charge in [-0.05, 0) is 48.1 Å². The summed E-state index contributed by atoms with van der Waals surface area (Å²) in [5, 5.41) is 3.25. The molecule has 30 heavy (non-hydrogen) atoms. The second-order valence-electron chi connectivity index (χ2n) is 8.51. The number of nitrogens with zero attached hydrogens (tertiary/aromatic N) is 1. The maximum atomic E-state index is 12.5. The maximum absolute atomic E-state index is 12.5. The first-order valence-corrected chi connectivity index (χ1v) is 10.7. The number of carbonyl (C=O) groups excluding carboxylic acids is 1. The molecule has 1 amide bonds. The first kappa shape index (κ1) is 22.2. The minimum atomic E-state index is -0.0305. The van der Waals surface area contributed by atoms with Crippen molar-refractivity contribution in [1.82, 2.24) is 10.2 Å². The fraction of sp³-hybridized carbons (Fsp3) is 0.480. The lowest BCUT2D eigenvalue weighted by Crippen LogP contribution is -2.47. The molecule has 5 nitrogen and oxygen atoms in total. The van der Waals surface area contributed by atoms with Gasteiger partial charge in [0.25, 0.3) is 0 Å². The summed E-state index contributed by atoms with van der Waals surface area (Å²) in [6, 6.07) is 14.7. The van der Waals surface area contributed by atoms with E-state index < -0.39 is 0 Å². The van der Waals surface area contributed by atoms with E-state index >= 15 is 0 Å². The van der Waals surface area contributed by atoms with E-state index in [9.17, 15) is 4.79 Å². The third-order valence-corrected chi connectivity index (χ3v) is 5.71. The van der Waals surface area contributed by atoms with Gasteiger partial charge in [-0.25, -0.2) is 0 Å². The summed E-state index contributed by atoms with van der Waals surface area (Å²) in [7, 11) is 3.33. The van der Waals surface area contributed by atoms with Crippen molar-refractivity contribution >= 4 is 5.91 Å². The minimum absolute atomic E-state index is 0.0305. The summed E-state index contributed by atoms with van der Waals surface area (Å²) >= 11 is 0. The molecule has 0 bridgehead atoms. The van der Waals surface area contributed by atoms with Crippen molar-refractivity contribution in [2.45, 2.75) is 52.2 Å². The molecule has 0 unspecified atom stereocenters. The number of carbonyl (C=O) groups is 1. The number of ether oxygens (including phenoxy) is 2. The minimum Gasteiger partial charge on any atom is -0.493 e. The molecule has 2 atom stereocenters. The first-order valence-electron chi connectivity index (χ1n) is 10.7. The Hall–Kier alpha value is -2.53. The van der Waals surface area contributed by atoms with Gasteiger partial charge in [0, 0.05) is 25.6 Å². The van der Waals surface area contributed by atoms with Crippen molar-refractivity contribution in [3.05, 3.63) is 59.2 Å². The molecule has 0 radical (unpaired) electrons. The highest BCUT2D eigenvalue weighted by Crippen LogP contribution is 2.40. The number of nitrogens with one attached hydrogen (secondary N) is 1. The highest BCUT2D eigenvalue weighted by molar-refractivity contribution is 5.76. The van der Waals surface area contributed by atoms with Gasteiger partial charge in [-0.15, -0.1) is 0 Å². The van der Waals surface area contributed by atoms with E-state index in [1.807, 2.05) is 6.07 Å². The van der Waals surface area contributed by atoms with Gasteiger partial charge < -0.3 is 14.8 Å². The van der Waals surface area contributed by atoms with Crippen molar-refractivity contribution in [2.75, 3.05) is 20.8 Å². The summed E-state index contributed by atoms with van der Waals surface area (Å²) in [5.41, 5.74) is 3.73. The third kappa shape index (κ3) is 5.14. The highest BCUT2D eigenvalue weighted by Gasteiger charge is 2.33. The average molecular weight is 411 g/mol. The van der Waals surface area contributed by atoms with Crippen molar-refractivity contribution in [3.8, 4) is 11.5 Å². The van der Waals surface area contributed by atoms with Crippen molar-refractivity contribution < 1.29 is 14.3 Å². The second-order valence-corrected chi connectivity index (χ2v) is 8.51. The van der Waals surface area contributed by atoms with Crippen LogP contribution in [0.4, 0.5) is 0 Å². The van der Waals surface area contributed by atoms with E-state index in [0.29, 0.717) is 12.3 Å². The molecule has 0 spiro atoms. The van der Waals surface area contributed by atoms with Crippen LogP contribution in [0.3, 0.4) is 0 Å². The molecule has 162 valence electrons. The molecule has 1 aliphatic rings. The molecule has 2 aromatic rings. The number of benzene rings is 2. The Morgan fingerprint density at radius 1 is 1.10 bits per heavy atom. The van der Waals surface area contributed by atoms with Crippen LogP contribution in [0.25, 0.3) is 0 Å². The predicted octanol–water partition coefficient (Wildman–Crippen LogP) is 4.35. The maximum Gasteiger partial charge on any atom is 0.220 e. The normalized spacial score (nSPS) is 17.3. The third-order valence-electron chi connectivity index (χ3n) is 5.71. The zero-order valence-electron chi connectivity index (χ0n) is 18.8. The van der Waals surface area contributed by atoms with Crippen LogP contribution in [0, 0.1) is 5.92 Å². The first-order chi connectivity index (χ1) is 14.4. The Morgan fingerprint density at radius 3 is 2.40 bits per heavy atom. The molecular formula is C25H34N2O3. The van der Waals surface area contributed by atoms with E-state index in [2.05, 4.69) is 67.4 Å². The molecule has 3 rings (SSSR count). The second kappa shape index (κ2) is 9.98. The van der Waals surface area contributed by atoms with Crippen LogP contribution < -0.4 is 14.8 Å². The molecule has 2 aromatic carbocycles. The van der Waals surface area contributed by atoms with Crippen LogP contribution in [0.2, 0.25) is 0 Å². The average Bonchev–Trinajstić information content (AvgIpc) is 2.72. The quantitative estimate of drug-likeness (QED) is 0.703. The van der Waals surface area contributed by atoms with Crippen LogP contribution in [0.1, 0.15) is 49.9 Å². The lowest BCUT2D eigenvalue weighted by atomic mass is 9.87. The van der Waals surface area contributed by atoms with Gasteiger partial charge in [-0.3, -0.25) is 9.69 Å². The Labute approximate surface area is 180 Å². The SMILES string of the molecule is COc1cc2c(cc1OC)[C@@H]([C@@H](C)NC(=O)CC(C)C)N(Cc1ccccc1)CC2. The Morgan fingerprint density at radius 2 is 1.77 bits per heavy atom. The Bertz CT molecular complexity index is 851. The predicted molar refractivity (Wildman–Crippen MR) is 120 cm³/mol. The molecule has 0 fully saturated rings. The number of methoxy groups -OCH3 is 2. The largest absolute Gasteiger partial charge is 0.493 e. The van der Waals surface area contributed by atoms with Crippen LogP contribution in [-0.2, 0) is 17.8 Å².